The van der Waals surface area contributed by atoms with Crippen LogP contribution in [0.2, 0.25) is 0 Å². The largest absolute Gasteiger partial charge is 0.317 e. The molecule has 0 saturated carbocycles. The maximum atomic E-state index is 4.10. The fourth-order valence-corrected chi connectivity index (χ4v) is 1.12. The van der Waals surface area contributed by atoms with Gasteiger partial charge in [-0.3, -0.25) is 5.10 Å². The second-order valence-corrected chi connectivity index (χ2v) is 2.55. The lowest BCUT2D eigenvalue weighted by atomic mass is 10.3. The molecule has 1 N–H and O–H groups in total. The van der Waals surface area contributed by atoms with Gasteiger partial charge < -0.3 is 0 Å². The molecule has 2 rings (SSSR count). The lowest BCUT2D eigenvalue weighted by Gasteiger charge is -1.82. The number of fused-ring (bicyclic) bond motifs is 1. The first kappa shape index (κ1) is 27.5. The van der Waals surface area contributed by atoms with Crippen molar-refractivity contribution in [3.05, 3.63) is 24.0 Å². The summed E-state index contributed by atoms with van der Waals surface area (Å²) in [6.45, 7) is 13.9. The lowest BCUT2D eigenvalue weighted by Crippen LogP contribution is -1.85. The van der Waals surface area contributed by atoms with Crippen LogP contribution in [0.4, 0.5) is 0 Å². The topological polar surface area (TPSA) is 55.7 Å². The molecule has 21 heavy (non-hydrogen) atoms. The van der Waals surface area contributed by atoms with E-state index in [2.05, 4.69) is 19.8 Å². The highest BCUT2D eigenvalue weighted by molar-refractivity contribution is 5.95. The van der Waals surface area contributed by atoms with E-state index >= 15 is 0 Å². The lowest BCUT2D eigenvalue weighted by molar-refractivity contribution is 1.09. The molecule has 0 bridgehead atoms. The van der Waals surface area contributed by atoms with E-state index in [4.69, 9.17) is 0 Å². The van der Waals surface area contributed by atoms with Crippen molar-refractivity contribution in [2.24, 2.45) is 0 Å². The quantitative estimate of drug-likeness (QED) is 0.492. The third kappa shape index (κ3) is 9.64. The summed E-state index contributed by atoms with van der Waals surface area (Å²) in [5.74, 6) is 0. The number of hydrogen-bond acceptors (Lipinski definition) is 2. The Morgan fingerprint density at radius 3 is 2.19 bits per heavy atom. The Labute approximate surface area is 132 Å². The number of aromatic nitrogens is 3. The zero-order valence-corrected chi connectivity index (χ0v) is 13.8. The van der Waals surface area contributed by atoms with E-state index < -0.39 is 0 Å². The second-order valence-electron chi connectivity index (χ2n) is 2.55. The molecule has 2 aromatic heterocycles. The maximum Gasteiger partial charge on any atom is 0.317 e. The monoisotopic (exact) mass is 290 g/mol. The summed E-state index contributed by atoms with van der Waals surface area (Å²) in [4.78, 5) is 4.10. The van der Waals surface area contributed by atoms with Gasteiger partial charge in [0.1, 0.15) is 5.69 Å². The maximum absolute atomic E-state index is 4.10. The first-order valence-corrected chi connectivity index (χ1v) is 7.02. The molecule has 117 valence electrons. The standard InChI is InChI=1S/C9H8N4.3C2H6.CH4.B/c1-2-10-6-8-7-4-3-5-11-9(7)13-12-8;3*1-2;;/h2-6H,1H3;3*1-2H3;1H4;/p+1. The molecule has 2 heterocycles. The van der Waals surface area contributed by atoms with Crippen molar-refractivity contribution < 1.29 is 0 Å². The van der Waals surface area contributed by atoms with Crippen LogP contribution in [0, 0.1) is 0 Å². The number of pyridine rings is 1. The molecule has 0 spiro atoms. The molecule has 0 fully saturated rings. The van der Waals surface area contributed by atoms with E-state index in [0.717, 1.165) is 16.7 Å². The van der Waals surface area contributed by atoms with Crippen molar-refractivity contribution in [3.63, 3.8) is 0 Å². The van der Waals surface area contributed by atoms with Gasteiger partial charge >= 0.3 is 6.21 Å². The zero-order valence-electron chi connectivity index (χ0n) is 13.8. The van der Waals surface area contributed by atoms with E-state index in [1.54, 1.807) is 18.6 Å². The predicted octanol–water partition coefficient (Wildman–Crippen LogP) is 3.87. The van der Waals surface area contributed by atoms with Crippen LogP contribution in [0.25, 0.3) is 11.0 Å². The third-order valence-electron chi connectivity index (χ3n) is 1.71. The Morgan fingerprint density at radius 2 is 1.67 bits per heavy atom. The average molecular weight is 290 g/mol. The van der Waals surface area contributed by atoms with Gasteiger partial charge in [0, 0.05) is 21.5 Å². The number of nitrogens with one attached hydrogen (secondary N) is 1. The predicted molar refractivity (Wildman–Crippen MR) is 99.5 cm³/mol. The fraction of sp³-hybridized carbons (Fsp3) is 0.500. The Kier molecular flexibility index (Phi) is 26.8. The van der Waals surface area contributed by atoms with E-state index in [9.17, 15) is 0 Å². The minimum atomic E-state index is 0. The molecule has 0 aliphatic carbocycles. The molecular formula is C16H31BN4+. The summed E-state index contributed by atoms with van der Waals surface area (Å²) in [5.41, 5.74) is 1.61. The molecule has 0 aliphatic heterocycles. The highest BCUT2D eigenvalue weighted by atomic mass is 15.1. The summed E-state index contributed by atoms with van der Waals surface area (Å²) in [6.07, 6.45) is 5.18. The third-order valence-corrected chi connectivity index (χ3v) is 1.71. The Morgan fingerprint density at radius 1 is 1.10 bits per heavy atom. The van der Waals surface area contributed by atoms with Crippen molar-refractivity contribution in [3.8, 4) is 0 Å². The van der Waals surface area contributed by atoms with Crippen LogP contribution in [-0.4, -0.2) is 36.0 Å². The van der Waals surface area contributed by atoms with Gasteiger partial charge in [-0.15, -0.1) is 4.67 Å². The molecule has 0 saturated heterocycles. The fourth-order valence-electron chi connectivity index (χ4n) is 1.12. The SMILES string of the molecule is C.CC.CC.CC.CC=[N+]=Cc1[nH]nc2ncccc12.[B]. The van der Waals surface area contributed by atoms with Gasteiger partial charge in [-0.1, -0.05) is 49.0 Å². The summed E-state index contributed by atoms with van der Waals surface area (Å²) in [6, 6.07) is 3.84. The molecule has 3 radical (unpaired) electrons. The summed E-state index contributed by atoms with van der Waals surface area (Å²) >= 11 is 0. The zero-order chi connectivity index (χ0) is 15.1. The van der Waals surface area contributed by atoms with Gasteiger partial charge in [-0.05, 0) is 12.1 Å². The molecule has 0 amide bonds. The van der Waals surface area contributed by atoms with E-state index in [1.165, 1.54) is 0 Å². The summed E-state index contributed by atoms with van der Waals surface area (Å²) in [5, 5.41) is 7.89. The molecule has 0 aromatic carbocycles. The highest BCUT2D eigenvalue weighted by Gasteiger charge is 2.05. The minimum absolute atomic E-state index is 0. The van der Waals surface area contributed by atoms with Crippen molar-refractivity contribution in [1.29, 1.82) is 0 Å². The first-order chi connectivity index (χ1) is 9.42. The highest BCUT2D eigenvalue weighted by Crippen LogP contribution is 2.09. The summed E-state index contributed by atoms with van der Waals surface area (Å²) < 4.78 is 4.02. The van der Waals surface area contributed by atoms with Gasteiger partial charge in [0.25, 0.3) is 6.21 Å². The first-order valence-electron chi connectivity index (χ1n) is 7.02. The van der Waals surface area contributed by atoms with Gasteiger partial charge in [0.15, 0.2) is 5.65 Å². The van der Waals surface area contributed by atoms with Gasteiger partial charge in [0.05, 0.1) is 5.39 Å². The Bertz CT molecular complexity index is 486. The van der Waals surface area contributed by atoms with Crippen molar-refractivity contribution in [1.82, 2.24) is 19.8 Å². The Balaban J connectivity index is -0.000000162. The van der Waals surface area contributed by atoms with Crippen LogP contribution < -0.4 is 4.67 Å². The Hall–Kier alpha value is -1.87. The van der Waals surface area contributed by atoms with Crippen molar-refractivity contribution in [2.45, 2.75) is 55.9 Å². The molecule has 4 nitrogen and oxygen atoms in total. The van der Waals surface area contributed by atoms with Crippen LogP contribution in [0.3, 0.4) is 0 Å². The molecule has 0 aliphatic rings. The number of H-pyrrole nitrogens is 1. The van der Waals surface area contributed by atoms with Crippen LogP contribution in [0.15, 0.2) is 18.3 Å². The van der Waals surface area contributed by atoms with Crippen molar-refractivity contribution in [2.75, 3.05) is 0 Å². The number of aromatic amines is 1. The molecular weight excluding hydrogens is 259 g/mol. The number of nitrogens with zero attached hydrogens (tertiary/aromatic N) is 3. The molecule has 2 aromatic rings. The van der Waals surface area contributed by atoms with Crippen LogP contribution >= 0.6 is 0 Å². The molecule has 0 unspecified atom stereocenters. The molecule has 5 heteroatoms. The van der Waals surface area contributed by atoms with Crippen LogP contribution in [0.5, 0.6) is 0 Å². The molecule has 0 atom stereocenters. The van der Waals surface area contributed by atoms with Crippen LogP contribution in [-0.2, 0) is 0 Å². The van der Waals surface area contributed by atoms with Gasteiger partial charge in [-0.25, -0.2) is 4.98 Å². The van der Waals surface area contributed by atoms with Gasteiger partial charge in [-0.2, -0.15) is 5.10 Å². The van der Waals surface area contributed by atoms with E-state index in [0.29, 0.717) is 0 Å². The smallest absolute Gasteiger partial charge is 0.269 e. The van der Waals surface area contributed by atoms with Gasteiger partial charge in [0.2, 0.25) is 0 Å². The van der Waals surface area contributed by atoms with Crippen molar-refractivity contribution >= 4 is 31.9 Å². The summed E-state index contributed by atoms with van der Waals surface area (Å²) in [7, 11) is 0. The second kappa shape index (κ2) is 20.5. The number of rotatable bonds is 1. The van der Waals surface area contributed by atoms with E-state index in [-0.39, 0.29) is 15.8 Å². The normalized spacial score (nSPS) is 6.81. The minimum Gasteiger partial charge on any atom is -0.269 e. The van der Waals surface area contributed by atoms with Crippen LogP contribution in [0.1, 0.15) is 61.6 Å². The van der Waals surface area contributed by atoms with E-state index in [1.807, 2.05) is 60.6 Å². The number of hydrogen-bond donors (Lipinski definition) is 1. The average Bonchev–Trinajstić information content (AvgIpc) is 2.94.